The summed E-state index contributed by atoms with van der Waals surface area (Å²) in [5.74, 6) is -0.599. The Balaban J connectivity index is 1.59. The zero-order valence-electron chi connectivity index (χ0n) is 23.5. The zero-order valence-corrected chi connectivity index (χ0v) is 23.5. The highest BCUT2D eigenvalue weighted by molar-refractivity contribution is 6.32. The van der Waals surface area contributed by atoms with Crippen LogP contribution in [0.3, 0.4) is 0 Å². The maximum Gasteiger partial charge on any atom is 0.185 e. The van der Waals surface area contributed by atoms with Crippen LogP contribution in [0.1, 0.15) is 53.7 Å². The van der Waals surface area contributed by atoms with E-state index in [1.54, 1.807) is 68.8 Å². The lowest BCUT2D eigenvalue weighted by molar-refractivity contribution is 0.0664. The van der Waals surface area contributed by atoms with Gasteiger partial charge in [0.1, 0.15) is 23.0 Å². The molecule has 0 aromatic heterocycles. The van der Waals surface area contributed by atoms with Gasteiger partial charge in [-0.05, 0) is 42.8 Å². The Bertz CT molecular complexity index is 1770. The number of hydrogen-bond donors (Lipinski definition) is 0. The molecule has 0 saturated carbocycles. The van der Waals surface area contributed by atoms with Crippen LogP contribution < -0.4 is 14.4 Å². The van der Waals surface area contributed by atoms with Gasteiger partial charge >= 0.3 is 0 Å². The van der Waals surface area contributed by atoms with Gasteiger partial charge in [-0.2, -0.15) is 0 Å². The standard InChI is InChI=1S/C36H29NO5/c1-21-13-16-28-23(19-21)14-18-30-36(34(39)25-11-7-8-12-26(25)35(36)40)31(27-20-24(41-2)15-17-29(27)42-3)32(37(28)30)33(38)22-9-5-4-6-10-22/h4-20,30-32H,1-3H3/t30-,31+,32+/m0/s1. The van der Waals surface area contributed by atoms with Gasteiger partial charge in [0.2, 0.25) is 0 Å². The molecular weight excluding hydrogens is 526 g/mol. The summed E-state index contributed by atoms with van der Waals surface area (Å²) in [5.41, 5.74) is 3.04. The van der Waals surface area contributed by atoms with Crippen LogP contribution in [0.25, 0.3) is 6.08 Å². The normalized spacial score (nSPS) is 21.2. The number of rotatable bonds is 5. The summed E-state index contributed by atoms with van der Waals surface area (Å²) in [6.45, 7) is 2.02. The minimum Gasteiger partial charge on any atom is -0.497 e. The Morgan fingerprint density at radius 3 is 2.17 bits per heavy atom. The topological polar surface area (TPSA) is 72.9 Å². The number of Topliss-reactive ketones (excluding diaryl/α,β-unsaturated/α-hetero) is 3. The van der Waals surface area contributed by atoms with E-state index in [4.69, 9.17) is 9.47 Å². The molecule has 208 valence electrons. The van der Waals surface area contributed by atoms with E-state index in [1.807, 2.05) is 54.3 Å². The van der Waals surface area contributed by atoms with Crippen LogP contribution in [0.2, 0.25) is 0 Å². The third-order valence-electron chi connectivity index (χ3n) is 9.06. The van der Waals surface area contributed by atoms with Crippen LogP contribution in [0.4, 0.5) is 5.69 Å². The Hall–Kier alpha value is -4.97. The first-order valence-electron chi connectivity index (χ1n) is 14.0. The lowest BCUT2D eigenvalue weighted by Gasteiger charge is -2.37. The molecule has 4 aromatic rings. The molecule has 2 aliphatic heterocycles. The lowest BCUT2D eigenvalue weighted by Crippen LogP contribution is -2.48. The van der Waals surface area contributed by atoms with Gasteiger partial charge in [-0.25, -0.2) is 0 Å². The average Bonchev–Trinajstić information content (AvgIpc) is 3.46. The van der Waals surface area contributed by atoms with Gasteiger partial charge in [-0.1, -0.05) is 78.4 Å². The Kier molecular flexibility index (Phi) is 5.91. The van der Waals surface area contributed by atoms with E-state index in [0.29, 0.717) is 33.8 Å². The third kappa shape index (κ3) is 3.41. The summed E-state index contributed by atoms with van der Waals surface area (Å²) in [6.07, 6.45) is 3.91. The molecule has 0 unspecified atom stereocenters. The minimum atomic E-state index is -1.61. The summed E-state index contributed by atoms with van der Waals surface area (Å²) < 4.78 is 11.5. The highest BCUT2D eigenvalue weighted by Gasteiger charge is 2.72. The van der Waals surface area contributed by atoms with Gasteiger partial charge < -0.3 is 14.4 Å². The average molecular weight is 556 g/mol. The molecule has 4 aromatic carbocycles. The minimum absolute atomic E-state index is 0.175. The molecule has 1 saturated heterocycles. The van der Waals surface area contributed by atoms with E-state index in [1.165, 1.54) is 0 Å². The quantitative estimate of drug-likeness (QED) is 0.212. The highest BCUT2D eigenvalue weighted by Crippen LogP contribution is 2.62. The van der Waals surface area contributed by atoms with Crippen LogP contribution in [-0.4, -0.2) is 43.7 Å². The van der Waals surface area contributed by atoms with Crippen molar-refractivity contribution in [2.45, 2.75) is 24.9 Å². The van der Waals surface area contributed by atoms with Crippen molar-refractivity contribution in [3.05, 3.63) is 130 Å². The number of ketones is 3. The first kappa shape index (κ1) is 26.0. The van der Waals surface area contributed by atoms with E-state index < -0.39 is 23.4 Å². The number of carbonyl (C=O) groups is 3. The van der Waals surface area contributed by atoms with Crippen LogP contribution in [0.5, 0.6) is 11.5 Å². The maximum absolute atomic E-state index is 14.8. The number of methoxy groups -OCH3 is 2. The van der Waals surface area contributed by atoms with Gasteiger partial charge in [-0.15, -0.1) is 0 Å². The van der Waals surface area contributed by atoms with Crippen molar-refractivity contribution in [3.63, 3.8) is 0 Å². The summed E-state index contributed by atoms with van der Waals surface area (Å²) in [6, 6.07) is 25.8. The molecule has 1 spiro atoms. The number of carbonyl (C=O) groups excluding carboxylic acids is 3. The van der Waals surface area contributed by atoms with E-state index in [0.717, 1.165) is 16.8 Å². The number of aryl methyl sites for hydroxylation is 1. The Morgan fingerprint density at radius 2 is 1.50 bits per heavy atom. The van der Waals surface area contributed by atoms with Gasteiger partial charge in [0.05, 0.1) is 20.3 Å². The van der Waals surface area contributed by atoms with Gasteiger partial charge in [-0.3, -0.25) is 14.4 Å². The number of ether oxygens (including phenoxy) is 2. The van der Waals surface area contributed by atoms with Crippen molar-refractivity contribution < 1.29 is 23.9 Å². The first-order valence-corrected chi connectivity index (χ1v) is 14.0. The van der Waals surface area contributed by atoms with Gasteiger partial charge in [0.25, 0.3) is 0 Å². The highest BCUT2D eigenvalue weighted by atomic mass is 16.5. The van der Waals surface area contributed by atoms with Crippen LogP contribution in [-0.2, 0) is 0 Å². The first-order chi connectivity index (χ1) is 20.4. The fraction of sp³-hybridized carbons (Fsp3) is 0.194. The van der Waals surface area contributed by atoms with Gasteiger partial charge in [0.15, 0.2) is 17.3 Å². The van der Waals surface area contributed by atoms with Crippen LogP contribution in [0, 0.1) is 12.3 Å². The molecule has 42 heavy (non-hydrogen) atoms. The molecular formula is C36H29NO5. The van der Waals surface area contributed by atoms with E-state index in [9.17, 15) is 14.4 Å². The number of nitrogens with zero attached hydrogens (tertiary/aromatic N) is 1. The predicted molar refractivity (Wildman–Crippen MR) is 161 cm³/mol. The van der Waals surface area contributed by atoms with Gasteiger partial charge in [0, 0.05) is 33.9 Å². The molecule has 0 radical (unpaired) electrons. The molecule has 1 fully saturated rings. The Morgan fingerprint density at radius 1 is 0.810 bits per heavy atom. The largest absolute Gasteiger partial charge is 0.497 e. The Labute approximate surface area is 244 Å². The smallest absolute Gasteiger partial charge is 0.185 e. The number of benzene rings is 4. The summed E-state index contributed by atoms with van der Waals surface area (Å²) in [7, 11) is 3.12. The van der Waals surface area contributed by atoms with Crippen molar-refractivity contribution in [1.82, 2.24) is 0 Å². The summed E-state index contributed by atoms with van der Waals surface area (Å²) >= 11 is 0. The third-order valence-corrected chi connectivity index (χ3v) is 9.06. The number of anilines is 1. The van der Waals surface area contributed by atoms with E-state index in [2.05, 4.69) is 6.07 Å². The predicted octanol–water partition coefficient (Wildman–Crippen LogP) is 6.33. The molecule has 1 aliphatic carbocycles. The van der Waals surface area contributed by atoms with E-state index >= 15 is 0 Å². The van der Waals surface area contributed by atoms with Crippen molar-refractivity contribution in [1.29, 1.82) is 0 Å². The van der Waals surface area contributed by atoms with Crippen molar-refractivity contribution in [2.75, 3.05) is 19.1 Å². The fourth-order valence-electron chi connectivity index (χ4n) is 7.30. The molecule has 6 nitrogen and oxygen atoms in total. The zero-order chi connectivity index (χ0) is 29.2. The van der Waals surface area contributed by atoms with Crippen LogP contribution in [0.15, 0.2) is 97.1 Å². The van der Waals surface area contributed by atoms with Crippen molar-refractivity contribution in [3.8, 4) is 11.5 Å². The lowest BCUT2D eigenvalue weighted by atomic mass is 9.64. The van der Waals surface area contributed by atoms with Crippen molar-refractivity contribution >= 4 is 29.1 Å². The second-order valence-electron chi connectivity index (χ2n) is 11.1. The molecule has 0 N–H and O–H groups in total. The molecule has 2 heterocycles. The van der Waals surface area contributed by atoms with Crippen molar-refractivity contribution in [2.24, 2.45) is 5.41 Å². The molecule has 6 heteroatoms. The molecule has 0 amide bonds. The second-order valence-corrected chi connectivity index (χ2v) is 11.1. The molecule has 3 atom stereocenters. The van der Waals surface area contributed by atoms with Crippen LogP contribution >= 0.6 is 0 Å². The maximum atomic E-state index is 14.8. The molecule has 3 aliphatic rings. The monoisotopic (exact) mass is 555 g/mol. The number of fused-ring (bicyclic) bond motifs is 5. The summed E-state index contributed by atoms with van der Waals surface area (Å²) in [5, 5.41) is 0. The fourth-order valence-corrected chi connectivity index (χ4v) is 7.30. The summed E-state index contributed by atoms with van der Waals surface area (Å²) in [4.78, 5) is 46.5. The number of hydrogen-bond acceptors (Lipinski definition) is 6. The molecule has 7 rings (SSSR count). The van der Waals surface area contributed by atoms with E-state index in [-0.39, 0.29) is 17.3 Å². The molecule has 0 bridgehead atoms. The SMILES string of the molecule is COc1ccc(OC)c([C@@H]2[C@H](C(=O)c3ccccc3)N3c4ccc(C)cc4C=C[C@H]3C23C(=O)c2ccccc2C3=O)c1. The second kappa shape index (κ2) is 9.55.